The van der Waals surface area contributed by atoms with Crippen molar-refractivity contribution >= 4 is 38.6 Å². The molecule has 9 heteroatoms. The molecule has 3 aromatic rings. The van der Waals surface area contributed by atoms with Crippen LogP contribution in [0.3, 0.4) is 0 Å². The number of H-pyrrole nitrogens is 1. The molecule has 0 bridgehead atoms. The van der Waals surface area contributed by atoms with Gasteiger partial charge >= 0.3 is 0 Å². The molecule has 2 N–H and O–H groups in total. The second kappa shape index (κ2) is 7.00. The number of rotatable bonds is 4. The molecule has 26 heavy (non-hydrogen) atoms. The zero-order valence-corrected chi connectivity index (χ0v) is 15.9. The highest BCUT2D eigenvalue weighted by molar-refractivity contribution is 7.23. The summed E-state index contributed by atoms with van der Waals surface area (Å²) >= 11 is 1.70. The van der Waals surface area contributed by atoms with Crippen LogP contribution >= 0.6 is 11.3 Å². The van der Waals surface area contributed by atoms with Gasteiger partial charge in [0.25, 0.3) is 0 Å². The minimum absolute atomic E-state index is 0.723. The largest absolute Gasteiger partial charge is 0.378 e. The van der Waals surface area contributed by atoms with Gasteiger partial charge < -0.3 is 14.6 Å². The standard InChI is InChI=1S/C17H21N7OS/c1-10-14-15(26-17(10)24-4-6-25-7-5-24)16(22-12(3)21-14)23-20-8-13-11(2)18-9-19-13/h8-9H,4-7H2,1-3H3,(H,18,19)(H,21,22,23)/b20-8+. The number of morpholine rings is 1. The molecule has 8 nitrogen and oxygen atoms in total. The maximum atomic E-state index is 5.47. The first kappa shape index (κ1) is 16.9. The fourth-order valence-corrected chi connectivity index (χ4v) is 4.22. The molecule has 3 aromatic heterocycles. The Balaban J connectivity index is 1.68. The van der Waals surface area contributed by atoms with Gasteiger partial charge in [-0.15, -0.1) is 11.3 Å². The predicted molar refractivity (Wildman–Crippen MR) is 104 cm³/mol. The fraction of sp³-hybridized carbons (Fsp3) is 0.412. The van der Waals surface area contributed by atoms with Gasteiger partial charge in [0.1, 0.15) is 11.5 Å². The molecule has 1 saturated heterocycles. The minimum Gasteiger partial charge on any atom is -0.378 e. The first-order valence-corrected chi connectivity index (χ1v) is 9.34. The van der Waals surface area contributed by atoms with Crippen molar-refractivity contribution in [2.45, 2.75) is 20.8 Å². The number of thiophene rings is 1. The van der Waals surface area contributed by atoms with Gasteiger partial charge in [0.05, 0.1) is 41.0 Å². The molecule has 1 aliphatic heterocycles. The number of hydrogen-bond acceptors (Lipinski definition) is 8. The molecule has 0 aromatic carbocycles. The van der Waals surface area contributed by atoms with Gasteiger partial charge in [-0.2, -0.15) is 5.10 Å². The number of aryl methyl sites for hydroxylation is 3. The van der Waals surface area contributed by atoms with Crippen LogP contribution in [0, 0.1) is 20.8 Å². The minimum atomic E-state index is 0.723. The molecule has 0 unspecified atom stereocenters. The third-order valence-corrected chi connectivity index (χ3v) is 5.73. The summed E-state index contributed by atoms with van der Waals surface area (Å²) in [5.41, 5.74) is 7.02. The van der Waals surface area contributed by atoms with Crippen LogP contribution in [0.4, 0.5) is 10.8 Å². The third kappa shape index (κ3) is 3.15. The highest BCUT2D eigenvalue weighted by Crippen LogP contribution is 2.40. The fourth-order valence-electron chi connectivity index (χ4n) is 2.99. The molecular weight excluding hydrogens is 350 g/mol. The molecule has 0 saturated carbocycles. The van der Waals surface area contributed by atoms with Crippen molar-refractivity contribution in [2.24, 2.45) is 5.10 Å². The average molecular weight is 371 g/mol. The Morgan fingerprint density at radius 1 is 1.27 bits per heavy atom. The number of fused-ring (bicyclic) bond motifs is 1. The Labute approximate surface area is 155 Å². The number of anilines is 2. The maximum Gasteiger partial charge on any atom is 0.168 e. The smallest absolute Gasteiger partial charge is 0.168 e. The van der Waals surface area contributed by atoms with Crippen molar-refractivity contribution in [1.29, 1.82) is 0 Å². The Morgan fingerprint density at radius 2 is 2.08 bits per heavy atom. The van der Waals surface area contributed by atoms with Crippen LogP contribution in [-0.2, 0) is 4.74 Å². The Kier molecular flexibility index (Phi) is 4.56. The number of hydrazone groups is 1. The van der Waals surface area contributed by atoms with Crippen LogP contribution in [0.5, 0.6) is 0 Å². The molecular formula is C17H21N7OS. The summed E-state index contributed by atoms with van der Waals surface area (Å²) in [6.45, 7) is 9.30. The predicted octanol–water partition coefficient (Wildman–Crippen LogP) is 2.62. The van der Waals surface area contributed by atoms with E-state index in [1.165, 1.54) is 10.6 Å². The zero-order chi connectivity index (χ0) is 18.1. The Hall–Kier alpha value is -2.52. The number of imidazole rings is 1. The van der Waals surface area contributed by atoms with Crippen LogP contribution < -0.4 is 10.3 Å². The van der Waals surface area contributed by atoms with Crippen LogP contribution in [0.15, 0.2) is 11.4 Å². The summed E-state index contributed by atoms with van der Waals surface area (Å²) in [5.74, 6) is 1.45. The van der Waals surface area contributed by atoms with Crippen molar-refractivity contribution in [2.75, 3.05) is 36.6 Å². The van der Waals surface area contributed by atoms with E-state index in [0.29, 0.717) is 0 Å². The zero-order valence-electron chi connectivity index (χ0n) is 15.0. The quantitative estimate of drug-likeness (QED) is 0.541. The van der Waals surface area contributed by atoms with E-state index in [2.05, 4.69) is 42.3 Å². The summed E-state index contributed by atoms with van der Waals surface area (Å²) in [6, 6.07) is 0. The van der Waals surface area contributed by atoms with Crippen molar-refractivity contribution in [3.63, 3.8) is 0 Å². The van der Waals surface area contributed by atoms with E-state index in [-0.39, 0.29) is 0 Å². The highest BCUT2D eigenvalue weighted by Gasteiger charge is 2.20. The van der Waals surface area contributed by atoms with Crippen LogP contribution in [0.25, 0.3) is 10.2 Å². The monoisotopic (exact) mass is 371 g/mol. The summed E-state index contributed by atoms with van der Waals surface area (Å²) in [5, 5.41) is 5.55. The van der Waals surface area contributed by atoms with Gasteiger partial charge in [0.15, 0.2) is 5.82 Å². The number of nitrogens with zero attached hydrogens (tertiary/aromatic N) is 5. The van der Waals surface area contributed by atoms with Crippen molar-refractivity contribution < 1.29 is 4.74 Å². The second-order valence-electron chi connectivity index (χ2n) is 6.21. The van der Waals surface area contributed by atoms with Crippen molar-refractivity contribution in [3.8, 4) is 0 Å². The number of ether oxygens (including phenoxy) is 1. The lowest BCUT2D eigenvalue weighted by molar-refractivity contribution is 0.123. The topological polar surface area (TPSA) is 91.3 Å². The third-order valence-electron chi connectivity index (χ3n) is 4.38. The molecule has 1 aliphatic rings. The van der Waals surface area contributed by atoms with E-state index < -0.39 is 0 Å². The normalized spacial score (nSPS) is 15.3. The first-order valence-electron chi connectivity index (χ1n) is 8.53. The van der Waals surface area contributed by atoms with Crippen LogP contribution in [-0.4, -0.2) is 52.5 Å². The van der Waals surface area contributed by atoms with E-state index in [1.54, 1.807) is 23.9 Å². The summed E-state index contributed by atoms with van der Waals surface area (Å²) in [6.07, 6.45) is 3.35. The van der Waals surface area contributed by atoms with Gasteiger partial charge in [0.2, 0.25) is 0 Å². The summed E-state index contributed by atoms with van der Waals surface area (Å²) in [4.78, 5) is 18.8. The van der Waals surface area contributed by atoms with Crippen molar-refractivity contribution in [3.05, 3.63) is 29.1 Å². The van der Waals surface area contributed by atoms with Crippen LogP contribution in [0.1, 0.15) is 22.8 Å². The molecule has 136 valence electrons. The number of nitrogens with one attached hydrogen (secondary N) is 2. The number of aromatic amines is 1. The van der Waals surface area contributed by atoms with Crippen LogP contribution in [0.2, 0.25) is 0 Å². The lowest BCUT2D eigenvalue weighted by Crippen LogP contribution is -2.36. The lowest BCUT2D eigenvalue weighted by Gasteiger charge is -2.28. The van der Waals surface area contributed by atoms with Gasteiger partial charge in [-0.1, -0.05) is 0 Å². The molecule has 0 spiro atoms. The maximum absolute atomic E-state index is 5.47. The molecule has 4 rings (SSSR count). The molecule has 0 aliphatic carbocycles. The molecule has 4 heterocycles. The van der Waals surface area contributed by atoms with E-state index in [4.69, 9.17) is 4.74 Å². The SMILES string of the molecule is Cc1nc(N/N=C/c2nc[nH]c2C)c2sc(N3CCOCC3)c(C)c2n1. The molecule has 1 fully saturated rings. The summed E-state index contributed by atoms with van der Waals surface area (Å²) in [7, 11) is 0. The summed E-state index contributed by atoms with van der Waals surface area (Å²) < 4.78 is 6.49. The van der Waals surface area contributed by atoms with E-state index in [0.717, 1.165) is 59.6 Å². The van der Waals surface area contributed by atoms with Gasteiger partial charge in [-0.05, 0) is 20.8 Å². The highest BCUT2D eigenvalue weighted by atomic mass is 32.1. The lowest BCUT2D eigenvalue weighted by atomic mass is 10.2. The Bertz CT molecular complexity index is 956. The Morgan fingerprint density at radius 3 is 2.81 bits per heavy atom. The van der Waals surface area contributed by atoms with Gasteiger partial charge in [-0.3, -0.25) is 5.43 Å². The number of aromatic nitrogens is 4. The van der Waals surface area contributed by atoms with Crippen molar-refractivity contribution in [1.82, 2.24) is 19.9 Å². The van der Waals surface area contributed by atoms with E-state index >= 15 is 0 Å². The van der Waals surface area contributed by atoms with E-state index in [9.17, 15) is 0 Å². The molecule has 0 radical (unpaired) electrons. The number of hydrogen-bond donors (Lipinski definition) is 2. The first-order chi connectivity index (χ1) is 12.6. The van der Waals surface area contributed by atoms with E-state index in [1.807, 2.05) is 13.8 Å². The molecule has 0 atom stereocenters. The average Bonchev–Trinajstić information content (AvgIpc) is 3.20. The second-order valence-corrected chi connectivity index (χ2v) is 7.21. The van der Waals surface area contributed by atoms with Gasteiger partial charge in [-0.25, -0.2) is 15.0 Å². The van der Waals surface area contributed by atoms with Gasteiger partial charge in [0, 0.05) is 24.3 Å². The molecule has 0 amide bonds.